The summed E-state index contributed by atoms with van der Waals surface area (Å²) in [6.07, 6.45) is 1.72. The summed E-state index contributed by atoms with van der Waals surface area (Å²) in [5, 5.41) is 25.4. The van der Waals surface area contributed by atoms with E-state index < -0.39 is 41.2 Å². The van der Waals surface area contributed by atoms with Crippen LogP contribution in [0.4, 0.5) is 5.69 Å². The number of hydrogen-bond donors (Lipinski definition) is 4. The molecule has 0 radical (unpaired) electrons. The van der Waals surface area contributed by atoms with Crippen molar-refractivity contribution in [3.63, 3.8) is 0 Å². The van der Waals surface area contributed by atoms with Gasteiger partial charge < -0.3 is 15.2 Å². The van der Waals surface area contributed by atoms with Gasteiger partial charge in [-0.1, -0.05) is 48.5 Å². The number of carbonyl (C=O) groups is 3. The molecule has 186 valence electrons. The minimum atomic E-state index is -1.78. The fraction of sp³-hybridized carbons (Fsp3) is 0.207. The number of H-pyrrole nitrogens is 1. The van der Waals surface area contributed by atoms with E-state index in [-0.39, 0.29) is 12.2 Å². The number of carboxylic acids is 1. The van der Waals surface area contributed by atoms with Crippen molar-refractivity contribution in [2.75, 3.05) is 4.90 Å². The number of carbonyl (C=O) groups excluding carboxylic acids is 2. The van der Waals surface area contributed by atoms with E-state index in [0.29, 0.717) is 11.3 Å². The number of hydrogen-bond acceptors (Lipinski definition) is 5. The van der Waals surface area contributed by atoms with Crippen molar-refractivity contribution >= 4 is 34.4 Å². The molecule has 2 aliphatic heterocycles. The van der Waals surface area contributed by atoms with Gasteiger partial charge in [0.15, 0.2) is 0 Å². The third-order valence-corrected chi connectivity index (χ3v) is 7.71. The van der Waals surface area contributed by atoms with Crippen molar-refractivity contribution < 1.29 is 24.6 Å². The molecule has 2 saturated heterocycles. The van der Waals surface area contributed by atoms with Crippen LogP contribution in [0.3, 0.4) is 0 Å². The van der Waals surface area contributed by atoms with E-state index in [9.17, 15) is 24.6 Å². The number of benzene rings is 3. The summed E-state index contributed by atoms with van der Waals surface area (Å²) in [7, 11) is 0. The van der Waals surface area contributed by atoms with Crippen LogP contribution in [-0.2, 0) is 20.8 Å². The van der Waals surface area contributed by atoms with Crippen molar-refractivity contribution in [2.45, 2.75) is 24.9 Å². The Labute approximate surface area is 212 Å². The molecule has 3 heterocycles. The van der Waals surface area contributed by atoms with Crippen LogP contribution >= 0.6 is 0 Å². The van der Waals surface area contributed by atoms with Crippen LogP contribution in [0.1, 0.15) is 22.7 Å². The van der Waals surface area contributed by atoms with Crippen LogP contribution in [-0.4, -0.2) is 38.5 Å². The predicted octanol–water partition coefficient (Wildman–Crippen LogP) is 3.70. The highest BCUT2D eigenvalue weighted by Gasteiger charge is 2.69. The predicted molar refractivity (Wildman–Crippen MR) is 137 cm³/mol. The van der Waals surface area contributed by atoms with Crippen LogP contribution in [0.25, 0.3) is 10.9 Å². The topological polar surface area (TPSA) is 123 Å². The number of fused-ring (bicyclic) bond motifs is 2. The molecule has 0 bridgehead atoms. The van der Waals surface area contributed by atoms with E-state index in [2.05, 4.69) is 10.3 Å². The second kappa shape index (κ2) is 8.31. The highest BCUT2D eigenvalue weighted by Crippen LogP contribution is 2.52. The van der Waals surface area contributed by atoms with Crippen molar-refractivity contribution in [1.29, 1.82) is 0 Å². The lowest BCUT2D eigenvalue weighted by atomic mass is 9.76. The van der Waals surface area contributed by atoms with Crippen LogP contribution in [0.2, 0.25) is 0 Å². The lowest BCUT2D eigenvalue weighted by Crippen LogP contribution is -2.57. The van der Waals surface area contributed by atoms with Crippen molar-refractivity contribution in [3.05, 3.63) is 95.7 Å². The number of rotatable bonds is 5. The molecule has 4 aromatic rings. The molecule has 0 saturated carbocycles. The van der Waals surface area contributed by atoms with Crippen LogP contribution in [0.15, 0.2) is 79.0 Å². The quantitative estimate of drug-likeness (QED) is 0.313. The number of carboxylic acid groups (broad SMARTS) is 1. The number of aromatic hydroxyl groups is 1. The van der Waals surface area contributed by atoms with Crippen molar-refractivity contribution in [3.8, 4) is 5.75 Å². The zero-order chi connectivity index (χ0) is 25.9. The summed E-state index contributed by atoms with van der Waals surface area (Å²) in [5.74, 6) is -4.53. The summed E-state index contributed by atoms with van der Waals surface area (Å²) in [5.41, 5.74) is 1.44. The molecule has 2 amide bonds. The van der Waals surface area contributed by atoms with Gasteiger partial charge in [0.25, 0.3) is 0 Å². The number of para-hydroxylation sites is 2. The maximum Gasteiger partial charge on any atom is 0.325 e. The lowest BCUT2D eigenvalue weighted by molar-refractivity contribution is -0.148. The molecule has 0 spiro atoms. The molecule has 4 atom stereocenters. The molecule has 2 aliphatic rings. The molecule has 3 aromatic carbocycles. The van der Waals surface area contributed by atoms with Gasteiger partial charge in [-0.15, -0.1) is 0 Å². The molecule has 0 aliphatic carbocycles. The Morgan fingerprint density at radius 2 is 1.76 bits per heavy atom. The zero-order valence-electron chi connectivity index (χ0n) is 20.0. The van der Waals surface area contributed by atoms with Gasteiger partial charge in [0.2, 0.25) is 11.8 Å². The molecule has 8 heteroatoms. The van der Waals surface area contributed by atoms with Crippen molar-refractivity contribution in [1.82, 2.24) is 10.3 Å². The minimum Gasteiger partial charge on any atom is -0.508 e. The Balaban J connectivity index is 1.53. The average Bonchev–Trinajstić information content (AvgIpc) is 3.52. The number of amides is 2. The summed E-state index contributed by atoms with van der Waals surface area (Å²) in [6, 6.07) is 20.2. The zero-order valence-corrected chi connectivity index (χ0v) is 20.0. The van der Waals surface area contributed by atoms with E-state index >= 15 is 0 Å². The van der Waals surface area contributed by atoms with Gasteiger partial charge in [0.05, 0.1) is 17.5 Å². The molecule has 1 aromatic heterocycles. The number of imide groups is 1. The number of phenolic OH excluding ortho intramolecular Hbond substituents is 1. The molecule has 6 rings (SSSR count). The van der Waals surface area contributed by atoms with Gasteiger partial charge in [0, 0.05) is 35.1 Å². The lowest BCUT2D eigenvalue weighted by Gasteiger charge is -2.31. The fourth-order valence-corrected chi connectivity index (χ4v) is 6.06. The monoisotopic (exact) mass is 495 g/mol. The first-order chi connectivity index (χ1) is 17.8. The first kappa shape index (κ1) is 23.0. The Morgan fingerprint density at radius 1 is 1.00 bits per heavy atom. The van der Waals surface area contributed by atoms with Gasteiger partial charge in [0.1, 0.15) is 11.3 Å². The summed E-state index contributed by atoms with van der Waals surface area (Å²) < 4.78 is 0. The Bertz CT molecular complexity index is 1580. The first-order valence-corrected chi connectivity index (χ1v) is 12.1. The summed E-state index contributed by atoms with van der Waals surface area (Å²) in [4.78, 5) is 45.3. The Kier molecular flexibility index (Phi) is 5.17. The van der Waals surface area contributed by atoms with E-state index in [1.807, 2.05) is 37.3 Å². The molecule has 37 heavy (non-hydrogen) atoms. The number of aromatic amines is 1. The maximum atomic E-state index is 14.0. The molecule has 2 fully saturated rings. The number of aromatic nitrogens is 1. The van der Waals surface area contributed by atoms with Gasteiger partial charge in [-0.25, -0.2) is 4.90 Å². The molecule has 8 nitrogen and oxygen atoms in total. The van der Waals surface area contributed by atoms with Crippen LogP contribution in [0.5, 0.6) is 5.75 Å². The standard InChI is InChI=1S/C29H25N3O5/c1-16-7-6-8-18(13-16)32-26(34)23-24(27(32)35)29(28(36)37,31-25(23)20-10-3-5-12-22(20)33)14-17-15-30-21-11-4-2-9-19(17)21/h2-13,15,23-25,30-31,33H,14H2,1H3,(H,36,37)/t23-,24+,25+,29-/m1/s1. The van der Waals surface area contributed by atoms with E-state index in [0.717, 1.165) is 26.9 Å². The smallest absolute Gasteiger partial charge is 0.325 e. The van der Waals surface area contributed by atoms with Gasteiger partial charge in [-0.2, -0.15) is 0 Å². The summed E-state index contributed by atoms with van der Waals surface area (Å²) in [6.45, 7) is 1.86. The maximum absolute atomic E-state index is 14.0. The molecular formula is C29H25N3O5. The normalized spacial score (nSPS) is 25.1. The number of nitrogens with one attached hydrogen (secondary N) is 2. The first-order valence-electron chi connectivity index (χ1n) is 12.1. The largest absolute Gasteiger partial charge is 0.508 e. The SMILES string of the molecule is Cc1cccc(N2C(=O)[C@@H]3[C@@H](C2=O)[C@](Cc2c[nH]c4ccccc24)(C(=O)O)N[C@H]3c2ccccc2O)c1. The van der Waals surface area contributed by atoms with Gasteiger partial charge in [-0.05, 0) is 42.3 Å². The molecular weight excluding hydrogens is 470 g/mol. The van der Waals surface area contributed by atoms with Crippen LogP contribution in [0, 0.1) is 18.8 Å². The van der Waals surface area contributed by atoms with E-state index in [1.54, 1.807) is 42.6 Å². The average molecular weight is 496 g/mol. The number of aliphatic carboxylic acids is 1. The number of phenols is 1. The Hall–Kier alpha value is -4.43. The third-order valence-electron chi connectivity index (χ3n) is 7.71. The van der Waals surface area contributed by atoms with Crippen LogP contribution < -0.4 is 10.2 Å². The third kappa shape index (κ3) is 3.37. The fourth-order valence-electron chi connectivity index (χ4n) is 6.06. The highest BCUT2D eigenvalue weighted by atomic mass is 16.4. The highest BCUT2D eigenvalue weighted by molar-refractivity contribution is 6.24. The van der Waals surface area contributed by atoms with E-state index in [1.165, 1.54) is 6.07 Å². The second-order valence-corrected chi connectivity index (χ2v) is 9.85. The van der Waals surface area contributed by atoms with E-state index in [4.69, 9.17) is 0 Å². The number of aryl methyl sites for hydroxylation is 1. The number of anilines is 1. The van der Waals surface area contributed by atoms with Gasteiger partial charge >= 0.3 is 5.97 Å². The molecule has 4 N–H and O–H groups in total. The summed E-state index contributed by atoms with van der Waals surface area (Å²) >= 11 is 0. The second-order valence-electron chi connectivity index (χ2n) is 9.85. The number of nitrogens with zero attached hydrogens (tertiary/aromatic N) is 1. The van der Waals surface area contributed by atoms with Crippen molar-refractivity contribution in [2.24, 2.45) is 11.8 Å². The van der Waals surface area contributed by atoms with Gasteiger partial charge in [-0.3, -0.25) is 19.7 Å². The Morgan fingerprint density at radius 3 is 2.51 bits per heavy atom. The molecule has 0 unspecified atom stereocenters. The minimum absolute atomic E-state index is 0.0295.